The third kappa shape index (κ3) is 4.10. The van der Waals surface area contributed by atoms with Crippen molar-refractivity contribution in [2.75, 3.05) is 13.7 Å². The Hall–Kier alpha value is -1.39. The molecule has 15 heavy (non-hydrogen) atoms. The molecule has 0 heterocycles. The molecule has 0 amide bonds. The summed E-state index contributed by atoms with van der Waals surface area (Å²) >= 11 is 0. The van der Waals surface area contributed by atoms with Gasteiger partial charge in [0.1, 0.15) is 11.8 Å². The van der Waals surface area contributed by atoms with E-state index >= 15 is 0 Å². The van der Waals surface area contributed by atoms with Crippen molar-refractivity contribution in [3.05, 3.63) is 30.3 Å². The molecule has 0 aliphatic heterocycles. The summed E-state index contributed by atoms with van der Waals surface area (Å²) in [6, 6.07) is 8.22. The smallest absolute Gasteiger partial charge is 0.328 e. The van der Waals surface area contributed by atoms with Crippen molar-refractivity contribution >= 4 is 5.97 Å². The normalized spacial score (nSPS) is 12.1. The lowest BCUT2D eigenvalue weighted by Gasteiger charge is -2.10. The Morgan fingerprint density at radius 2 is 2.07 bits per heavy atom. The minimum atomic E-state index is -0.634. The molecule has 0 radical (unpaired) electrons. The maximum Gasteiger partial charge on any atom is 0.328 e. The summed E-state index contributed by atoms with van der Waals surface area (Å²) in [6.07, 6.45) is 0.460. The number of hydrogen-bond donors (Lipinski definition) is 1. The second-order valence-corrected chi connectivity index (χ2v) is 3.12. The van der Waals surface area contributed by atoms with Gasteiger partial charge in [0.2, 0.25) is 0 Å². The SMILES string of the molecule is COCCC(N)C(=O)Oc1ccccc1. The summed E-state index contributed by atoms with van der Waals surface area (Å²) in [5.41, 5.74) is 5.60. The van der Waals surface area contributed by atoms with E-state index in [1.54, 1.807) is 31.4 Å². The van der Waals surface area contributed by atoms with Crippen molar-refractivity contribution in [1.29, 1.82) is 0 Å². The van der Waals surface area contributed by atoms with Crippen LogP contribution in [0.4, 0.5) is 0 Å². The van der Waals surface area contributed by atoms with Crippen LogP contribution in [-0.2, 0) is 9.53 Å². The molecule has 0 aliphatic rings. The Balaban J connectivity index is 2.42. The molecular formula is C11H15NO3. The molecule has 1 aromatic carbocycles. The Morgan fingerprint density at radius 1 is 1.40 bits per heavy atom. The lowest BCUT2D eigenvalue weighted by atomic mass is 10.2. The van der Waals surface area contributed by atoms with Crippen molar-refractivity contribution in [3.8, 4) is 5.75 Å². The van der Waals surface area contributed by atoms with E-state index < -0.39 is 12.0 Å². The molecular weight excluding hydrogens is 194 g/mol. The first-order valence-corrected chi connectivity index (χ1v) is 4.75. The van der Waals surface area contributed by atoms with E-state index in [2.05, 4.69) is 0 Å². The minimum Gasteiger partial charge on any atom is -0.425 e. The van der Waals surface area contributed by atoms with E-state index in [0.29, 0.717) is 18.8 Å². The van der Waals surface area contributed by atoms with Crippen LogP contribution in [-0.4, -0.2) is 25.7 Å². The molecule has 0 aliphatic carbocycles. The van der Waals surface area contributed by atoms with Crippen molar-refractivity contribution < 1.29 is 14.3 Å². The molecule has 0 spiro atoms. The fourth-order valence-electron chi connectivity index (χ4n) is 1.04. The number of nitrogens with two attached hydrogens (primary N) is 1. The second-order valence-electron chi connectivity index (χ2n) is 3.12. The van der Waals surface area contributed by atoms with Gasteiger partial charge in [0.25, 0.3) is 0 Å². The van der Waals surface area contributed by atoms with Gasteiger partial charge in [-0.05, 0) is 18.6 Å². The topological polar surface area (TPSA) is 61.5 Å². The first-order chi connectivity index (χ1) is 7.24. The van der Waals surface area contributed by atoms with Crippen molar-refractivity contribution in [3.63, 3.8) is 0 Å². The predicted molar refractivity (Wildman–Crippen MR) is 56.5 cm³/mol. The van der Waals surface area contributed by atoms with Gasteiger partial charge in [0, 0.05) is 13.7 Å². The summed E-state index contributed by atoms with van der Waals surface area (Å²) in [5, 5.41) is 0. The van der Waals surface area contributed by atoms with Crippen LogP contribution in [0.2, 0.25) is 0 Å². The molecule has 2 N–H and O–H groups in total. The van der Waals surface area contributed by atoms with Crippen LogP contribution < -0.4 is 10.5 Å². The number of ether oxygens (including phenoxy) is 2. The van der Waals surface area contributed by atoms with Gasteiger partial charge >= 0.3 is 5.97 Å². The highest BCUT2D eigenvalue weighted by Gasteiger charge is 2.15. The van der Waals surface area contributed by atoms with Crippen LogP contribution in [0.15, 0.2) is 30.3 Å². The van der Waals surface area contributed by atoms with Gasteiger partial charge in [0.05, 0.1) is 0 Å². The third-order valence-electron chi connectivity index (χ3n) is 1.90. The molecule has 1 atom stereocenters. The molecule has 0 fully saturated rings. The Labute approximate surface area is 89.0 Å². The molecule has 1 unspecified atom stereocenters. The summed E-state index contributed by atoms with van der Waals surface area (Å²) in [6.45, 7) is 0.449. The zero-order valence-electron chi connectivity index (χ0n) is 8.68. The van der Waals surface area contributed by atoms with Gasteiger partial charge in [-0.1, -0.05) is 18.2 Å². The molecule has 0 saturated carbocycles. The minimum absolute atomic E-state index is 0.432. The van der Waals surface area contributed by atoms with Gasteiger partial charge in [-0.3, -0.25) is 0 Å². The summed E-state index contributed by atoms with van der Waals surface area (Å²) in [4.78, 5) is 11.4. The number of benzene rings is 1. The van der Waals surface area contributed by atoms with Crippen LogP contribution in [0.1, 0.15) is 6.42 Å². The van der Waals surface area contributed by atoms with E-state index in [1.165, 1.54) is 0 Å². The maximum absolute atomic E-state index is 11.4. The number of carbonyl (C=O) groups excluding carboxylic acids is 1. The Morgan fingerprint density at radius 3 is 2.67 bits per heavy atom. The first kappa shape index (κ1) is 11.7. The van der Waals surface area contributed by atoms with Gasteiger partial charge in [-0.2, -0.15) is 0 Å². The van der Waals surface area contributed by atoms with Crippen LogP contribution in [0, 0.1) is 0 Å². The van der Waals surface area contributed by atoms with E-state index in [4.69, 9.17) is 15.2 Å². The molecule has 1 aromatic rings. The number of hydrogen-bond acceptors (Lipinski definition) is 4. The summed E-state index contributed by atoms with van der Waals surface area (Å²) in [7, 11) is 1.56. The number of rotatable bonds is 5. The molecule has 1 rings (SSSR count). The third-order valence-corrected chi connectivity index (χ3v) is 1.90. The van der Waals surface area contributed by atoms with Crippen molar-refractivity contribution in [2.24, 2.45) is 5.73 Å². The molecule has 0 aromatic heterocycles. The fraction of sp³-hybridized carbons (Fsp3) is 0.364. The molecule has 4 nitrogen and oxygen atoms in total. The fourth-order valence-corrected chi connectivity index (χ4v) is 1.04. The Bertz CT molecular complexity index is 300. The van der Waals surface area contributed by atoms with Gasteiger partial charge in [0.15, 0.2) is 0 Å². The average molecular weight is 209 g/mol. The van der Waals surface area contributed by atoms with Crippen LogP contribution in [0.3, 0.4) is 0 Å². The average Bonchev–Trinajstić information content (AvgIpc) is 2.27. The van der Waals surface area contributed by atoms with Crippen LogP contribution in [0.5, 0.6) is 5.75 Å². The standard InChI is InChI=1S/C11H15NO3/c1-14-8-7-10(12)11(13)15-9-5-3-2-4-6-9/h2-6,10H,7-8,12H2,1H3. The quantitative estimate of drug-likeness (QED) is 0.579. The number of esters is 1. The monoisotopic (exact) mass is 209 g/mol. The van der Waals surface area contributed by atoms with Crippen molar-refractivity contribution in [2.45, 2.75) is 12.5 Å². The maximum atomic E-state index is 11.4. The zero-order chi connectivity index (χ0) is 11.1. The van der Waals surface area contributed by atoms with Crippen LogP contribution in [0.25, 0.3) is 0 Å². The van der Waals surface area contributed by atoms with E-state index in [0.717, 1.165) is 0 Å². The lowest BCUT2D eigenvalue weighted by molar-refractivity contribution is -0.136. The summed E-state index contributed by atoms with van der Waals surface area (Å²) in [5.74, 6) is 0.0774. The highest BCUT2D eigenvalue weighted by molar-refractivity contribution is 5.77. The van der Waals surface area contributed by atoms with Gasteiger partial charge in [-0.15, -0.1) is 0 Å². The first-order valence-electron chi connectivity index (χ1n) is 4.75. The van der Waals surface area contributed by atoms with E-state index in [-0.39, 0.29) is 0 Å². The molecule has 0 bridgehead atoms. The van der Waals surface area contributed by atoms with Gasteiger partial charge in [-0.25, -0.2) is 4.79 Å². The van der Waals surface area contributed by atoms with E-state index in [1.807, 2.05) is 6.07 Å². The van der Waals surface area contributed by atoms with Crippen LogP contribution >= 0.6 is 0 Å². The largest absolute Gasteiger partial charge is 0.425 e. The number of methoxy groups -OCH3 is 1. The Kier molecular flexibility index (Phi) is 4.80. The molecule has 4 heteroatoms. The number of para-hydroxylation sites is 1. The number of carbonyl (C=O) groups is 1. The second kappa shape index (κ2) is 6.16. The molecule has 0 saturated heterocycles. The van der Waals surface area contributed by atoms with Crippen molar-refractivity contribution in [1.82, 2.24) is 0 Å². The zero-order valence-corrected chi connectivity index (χ0v) is 8.68. The lowest BCUT2D eigenvalue weighted by Crippen LogP contribution is -2.35. The van der Waals surface area contributed by atoms with Gasteiger partial charge < -0.3 is 15.2 Å². The predicted octanol–water partition coefficient (Wildman–Crippen LogP) is 0.956. The summed E-state index contributed by atoms with van der Waals surface area (Å²) < 4.78 is 9.88. The molecule has 82 valence electrons. The highest BCUT2D eigenvalue weighted by Crippen LogP contribution is 2.09. The van der Waals surface area contributed by atoms with E-state index in [9.17, 15) is 4.79 Å². The highest BCUT2D eigenvalue weighted by atomic mass is 16.5.